The molecule has 0 heterocycles. The standard InChI is InChI=1S/C11H24N6O/c1-12-9(14(3)4)16(7)11(18)17(8)10(13-2)15(5)6/h1-8H3. The summed E-state index contributed by atoms with van der Waals surface area (Å²) in [6.45, 7) is 0. The van der Waals surface area contributed by atoms with Crippen LogP contribution in [-0.2, 0) is 0 Å². The monoisotopic (exact) mass is 256 g/mol. The molecule has 0 aliphatic carbocycles. The fourth-order valence-electron chi connectivity index (χ4n) is 1.70. The van der Waals surface area contributed by atoms with Crippen molar-refractivity contribution >= 4 is 18.0 Å². The smallest absolute Gasteiger partial charge is 0.333 e. The van der Waals surface area contributed by atoms with Crippen LogP contribution in [0.25, 0.3) is 0 Å². The molecule has 0 N–H and O–H groups in total. The maximum absolute atomic E-state index is 12.3. The van der Waals surface area contributed by atoms with Crippen LogP contribution in [0.4, 0.5) is 4.79 Å². The molecule has 0 saturated heterocycles. The first kappa shape index (κ1) is 16.2. The Morgan fingerprint density at radius 2 is 1.00 bits per heavy atom. The molecule has 0 unspecified atom stereocenters. The molecule has 0 fully saturated rings. The number of amides is 2. The second kappa shape index (κ2) is 6.83. The van der Waals surface area contributed by atoms with Crippen molar-refractivity contribution in [1.29, 1.82) is 0 Å². The van der Waals surface area contributed by atoms with Gasteiger partial charge in [0, 0.05) is 56.4 Å². The zero-order valence-electron chi connectivity index (χ0n) is 12.6. The Morgan fingerprint density at radius 1 is 0.722 bits per heavy atom. The van der Waals surface area contributed by atoms with Gasteiger partial charge in [-0.3, -0.25) is 19.8 Å². The SMILES string of the molecule is CN=C(N(C)C)N(C)C(=O)N(C)C(=NC)N(C)C. The molecule has 0 radical (unpaired) electrons. The summed E-state index contributed by atoms with van der Waals surface area (Å²) in [5.41, 5.74) is 0. The number of hydrogen-bond donors (Lipinski definition) is 0. The number of urea groups is 1. The lowest BCUT2D eigenvalue weighted by molar-refractivity contribution is 0.204. The summed E-state index contributed by atoms with van der Waals surface area (Å²) in [6, 6.07) is -0.196. The second-order valence-electron chi connectivity index (χ2n) is 4.24. The predicted octanol–water partition coefficient (Wildman–Crippen LogP) is 0.0648. The Labute approximate surface area is 109 Å². The van der Waals surface area contributed by atoms with Crippen molar-refractivity contribution in [1.82, 2.24) is 19.6 Å². The number of guanidine groups is 2. The van der Waals surface area contributed by atoms with Crippen LogP contribution >= 0.6 is 0 Å². The van der Waals surface area contributed by atoms with Gasteiger partial charge in [0.05, 0.1) is 0 Å². The molecule has 0 aromatic rings. The number of carbonyl (C=O) groups is 1. The van der Waals surface area contributed by atoms with Crippen LogP contribution in [0, 0.1) is 0 Å². The zero-order chi connectivity index (χ0) is 14.5. The van der Waals surface area contributed by atoms with E-state index in [1.54, 1.807) is 38.0 Å². The van der Waals surface area contributed by atoms with E-state index in [9.17, 15) is 4.79 Å². The molecule has 0 bridgehead atoms. The molecule has 0 aromatic carbocycles. The van der Waals surface area contributed by atoms with Gasteiger partial charge in [-0.15, -0.1) is 0 Å². The molecule has 0 atom stereocenters. The molecular formula is C11H24N6O. The molecule has 0 aromatic heterocycles. The van der Waals surface area contributed by atoms with Gasteiger partial charge >= 0.3 is 6.03 Å². The fraction of sp³-hybridized carbons (Fsp3) is 0.727. The van der Waals surface area contributed by atoms with Crippen LogP contribution in [0.15, 0.2) is 9.98 Å². The zero-order valence-corrected chi connectivity index (χ0v) is 12.6. The van der Waals surface area contributed by atoms with Gasteiger partial charge in [0.25, 0.3) is 0 Å². The molecule has 104 valence electrons. The van der Waals surface area contributed by atoms with Crippen molar-refractivity contribution in [3.63, 3.8) is 0 Å². The van der Waals surface area contributed by atoms with Crippen LogP contribution in [0.1, 0.15) is 0 Å². The number of hydrogen-bond acceptors (Lipinski definition) is 3. The lowest BCUT2D eigenvalue weighted by atomic mass is 10.6. The quantitative estimate of drug-likeness (QED) is 0.455. The van der Waals surface area contributed by atoms with E-state index in [4.69, 9.17) is 0 Å². The highest BCUT2D eigenvalue weighted by molar-refractivity contribution is 6.03. The first-order valence-electron chi connectivity index (χ1n) is 5.57. The lowest BCUT2D eigenvalue weighted by Gasteiger charge is -2.31. The summed E-state index contributed by atoms with van der Waals surface area (Å²) in [5, 5.41) is 0. The van der Waals surface area contributed by atoms with Gasteiger partial charge in [-0.1, -0.05) is 0 Å². The molecular weight excluding hydrogens is 232 g/mol. The molecule has 0 spiro atoms. The Kier molecular flexibility index (Phi) is 6.15. The van der Waals surface area contributed by atoms with Crippen molar-refractivity contribution in [3.8, 4) is 0 Å². The van der Waals surface area contributed by atoms with E-state index < -0.39 is 0 Å². The summed E-state index contributed by atoms with van der Waals surface area (Å²) < 4.78 is 0. The van der Waals surface area contributed by atoms with E-state index in [1.165, 1.54) is 9.80 Å². The topological polar surface area (TPSA) is 54.8 Å². The average Bonchev–Trinajstić information content (AvgIpc) is 2.28. The van der Waals surface area contributed by atoms with Gasteiger partial charge in [-0.2, -0.15) is 0 Å². The normalized spacial score (nSPS) is 12.2. The molecule has 0 rings (SSSR count). The van der Waals surface area contributed by atoms with Crippen LogP contribution in [0.5, 0.6) is 0 Å². The third-order valence-corrected chi connectivity index (χ3v) is 2.37. The Hall–Kier alpha value is -1.79. The first-order valence-corrected chi connectivity index (χ1v) is 5.57. The van der Waals surface area contributed by atoms with E-state index in [0.717, 1.165) is 0 Å². The van der Waals surface area contributed by atoms with Gasteiger partial charge < -0.3 is 9.80 Å². The van der Waals surface area contributed by atoms with E-state index in [-0.39, 0.29) is 6.03 Å². The van der Waals surface area contributed by atoms with Gasteiger partial charge in [-0.25, -0.2) is 4.79 Å². The molecule has 7 nitrogen and oxygen atoms in total. The minimum atomic E-state index is -0.196. The summed E-state index contributed by atoms with van der Waals surface area (Å²) in [7, 11) is 14.0. The molecule has 2 amide bonds. The highest BCUT2D eigenvalue weighted by Gasteiger charge is 2.23. The summed E-state index contributed by atoms with van der Waals surface area (Å²) in [5.74, 6) is 1.17. The fourth-order valence-corrected chi connectivity index (χ4v) is 1.70. The summed E-state index contributed by atoms with van der Waals surface area (Å²) in [6.07, 6.45) is 0. The van der Waals surface area contributed by atoms with E-state index in [2.05, 4.69) is 9.98 Å². The number of nitrogens with zero attached hydrogens (tertiary/aromatic N) is 6. The third kappa shape index (κ3) is 3.61. The summed E-state index contributed by atoms with van der Waals surface area (Å²) in [4.78, 5) is 27.0. The largest absolute Gasteiger partial charge is 0.349 e. The van der Waals surface area contributed by atoms with Crippen molar-refractivity contribution < 1.29 is 4.79 Å². The van der Waals surface area contributed by atoms with Gasteiger partial charge in [0.2, 0.25) is 11.9 Å². The number of rotatable bonds is 0. The van der Waals surface area contributed by atoms with Gasteiger partial charge in [0.15, 0.2) is 0 Å². The average molecular weight is 256 g/mol. The number of carbonyl (C=O) groups excluding carboxylic acids is 1. The maximum atomic E-state index is 12.3. The van der Waals surface area contributed by atoms with Gasteiger partial charge in [0.1, 0.15) is 0 Å². The van der Waals surface area contributed by atoms with Crippen LogP contribution in [0.2, 0.25) is 0 Å². The maximum Gasteiger partial charge on any atom is 0.333 e. The molecule has 0 aliphatic rings. The van der Waals surface area contributed by atoms with Gasteiger partial charge in [-0.05, 0) is 0 Å². The molecule has 18 heavy (non-hydrogen) atoms. The van der Waals surface area contributed by atoms with Crippen LogP contribution in [0.3, 0.4) is 0 Å². The van der Waals surface area contributed by atoms with Crippen LogP contribution < -0.4 is 0 Å². The Bertz CT molecular complexity index is 315. The summed E-state index contributed by atoms with van der Waals surface area (Å²) >= 11 is 0. The predicted molar refractivity (Wildman–Crippen MR) is 75.0 cm³/mol. The first-order chi connectivity index (χ1) is 8.27. The second-order valence-corrected chi connectivity index (χ2v) is 4.24. The van der Waals surface area contributed by atoms with Crippen molar-refractivity contribution in [2.45, 2.75) is 0 Å². The van der Waals surface area contributed by atoms with Crippen LogP contribution in [-0.4, -0.2) is 93.9 Å². The van der Waals surface area contributed by atoms with E-state index in [0.29, 0.717) is 11.9 Å². The van der Waals surface area contributed by atoms with Crippen molar-refractivity contribution in [2.24, 2.45) is 9.98 Å². The number of aliphatic imine (C=N–C) groups is 2. The molecule has 0 aliphatic heterocycles. The lowest BCUT2D eigenvalue weighted by Crippen LogP contribution is -2.51. The minimum absolute atomic E-state index is 0.196. The molecule has 0 saturated carbocycles. The Balaban J connectivity index is 5.06. The third-order valence-electron chi connectivity index (χ3n) is 2.37. The molecule has 7 heteroatoms. The highest BCUT2D eigenvalue weighted by Crippen LogP contribution is 2.01. The van der Waals surface area contributed by atoms with E-state index >= 15 is 0 Å². The van der Waals surface area contributed by atoms with E-state index in [1.807, 2.05) is 28.2 Å². The minimum Gasteiger partial charge on any atom is -0.349 e. The highest BCUT2D eigenvalue weighted by atomic mass is 16.2. The van der Waals surface area contributed by atoms with Crippen molar-refractivity contribution in [2.75, 3.05) is 56.4 Å². The van der Waals surface area contributed by atoms with Crippen molar-refractivity contribution in [3.05, 3.63) is 0 Å². The Morgan fingerprint density at radius 3 is 1.17 bits per heavy atom.